The van der Waals surface area contributed by atoms with Crippen molar-refractivity contribution in [3.63, 3.8) is 0 Å². The zero-order valence-electron chi connectivity index (χ0n) is 20.7. The zero-order valence-corrected chi connectivity index (χ0v) is 21.5. The molecule has 1 aromatic rings. The lowest BCUT2D eigenvalue weighted by molar-refractivity contribution is -0.665. The summed E-state index contributed by atoms with van der Waals surface area (Å²) in [5.74, 6) is -5.20. The average Bonchev–Trinajstić information content (AvgIpc) is 2.85. The first-order valence-electron chi connectivity index (χ1n) is 11.6. The summed E-state index contributed by atoms with van der Waals surface area (Å²) in [6.45, 7) is 7.87. The number of rotatable bonds is 8. The maximum atomic E-state index is 13.7. The van der Waals surface area contributed by atoms with Gasteiger partial charge in [0.15, 0.2) is 6.04 Å². The van der Waals surface area contributed by atoms with E-state index < -0.39 is 35.9 Å². The topological polar surface area (TPSA) is 153 Å². The minimum Gasteiger partial charge on any atom is -0.475 e. The fourth-order valence-electron chi connectivity index (χ4n) is 3.78. The van der Waals surface area contributed by atoms with Gasteiger partial charge in [0.05, 0.1) is 24.9 Å². The lowest BCUT2D eigenvalue weighted by Gasteiger charge is -2.37. The number of amides is 3. The molecular formula is C23H33ClF3N4O6+. The number of hydrogen-bond donors (Lipinski definition) is 5. The molecule has 0 bridgehead atoms. The second-order valence-corrected chi connectivity index (χ2v) is 9.26. The van der Waals surface area contributed by atoms with Crippen LogP contribution in [0.5, 0.6) is 0 Å². The molecule has 1 fully saturated rings. The van der Waals surface area contributed by atoms with E-state index in [0.717, 1.165) is 0 Å². The summed E-state index contributed by atoms with van der Waals surface area (Å²) in [6.07, 6.45) is -4.74. The summed E-state index contributed by atoms with van der Waals surface area (Å²) >= 11 is 6.00. The Bertz CT molecular complexity index is 930. The van der Waals surface area contributed by atoms with Crippen molar-refractivity contribution >= 4 is 35.3 Å². The van der Waals surface area contributed by atoms with Crippen molar-refractivity contribution in [1.82, 2.24) is 15.7 Å². The van der Waals surface area contributed by atoms with Crippen LogP contribution in [0, 0.1) is 11.8 Å². The number of halogens is 4. The van der Waals surface area contributed by atoms with Gasteiger partial charge in [0.1, 0.15) is 6.54 Å². The van der Waals surface area contributed by atoms with Crippen molar-refractivity contribution in [2.75, 3.05) is 26.2 Å². The van der Waals surface area contributed by atoms with E-state index >= 15 is 0 Å². The third-order valence-electron chi connectivity index (χ3n) is 5.64. The van der Waals surface area contributed by atoms with E-state index in [4.69, 9.17) is 21.5 Å². The van der Waals surface area contributed by atoms with E-state index in [2.05, 4.69) is 5.32 Å². The molecular weight excluding hydrogens is 521 g/mol. The van der Waals surface area contributed by atoms with Crippen molar-refractivity contribution in [3.8, 4) is 0 Å². The maximum absolute atomic E-state index is 13.7. The Morgan fingerprint density at radius 1 is 1.19 bits per heavy atom. The molecule has 1 aliphatic heterocycles. The van der Waals surface area contributed by atoms with Crippen molar-refractivity contribution in [3.05, 3.63) is 34.9 Å². The summed E-state index contributed by atoms with van der Waals surface area (Å²) in [5, 5.41) is 21.8. The van der Waals surface area contributed by atoms with E-state index in [1.165, 1.54) is 0 Å². The fourth-order valence-corrected chi connectivity index (χ4v) is 3.90. The molecule has 0 radical (unpaired) electrons. The molecule has 0 spiro atoms. The molecule has 1 saturated heterocycles. The van der Waals surface area contributed by atoms with Gasteiger partial charge in [-0.05, 0) is 30.0 Å². The number of benzene rings is 1. The number of quaternary nitrogens is 1. The summed E-state index contributed by atoms with van der Waals surface area (Å²) in [5.41, 5.74) is 2.30. The molecule has 2 rings (SSSR count). The van der Waals surface area contributed by atoms with Gasteiger partial charge in [-0.3, -0.25) is 19.6 Å². The van der Waals surface area contributed by atoms with E-state index in [0.29, 0.717) is 49.1 Å². The minimum atomic E-state index is -5.08. The predicted molar refractivity (Wildman–Crippen MR) is 127 cm³/mol. The maximum Gasteiger partial charge on any atom is 0.490 e. The highest BCUT2D eigenvalue weighted by atomic mass is 35.5. The zero-order chi connectivity index (χ0) is 28.3. The van der Waals surface area contributed by atoms with Gasteiger partial charge < -0.3 is 20.6 Å². The number of nitrogens with one attached hydrogen (secondary N) is 2. The number of carboxylic acid groups (broad SMARTS) is 1. The van der Waals surface area contributed by atoms with E-state index in [-0.39, 0.29) is 11.8 Å². The lowest BCUT2D eigenvalue weighted by atomic mass is 9.82. The largest absolute Gasteiger partial charge is 0.490 e. The molecule has 1 heterocycles. The van der Waals surface area contributed by atoms with E-state index in [9.17, 15) is 32.8 Å². The molecule has 3 atom stereocenters. The molecule has 37 heavy (non-hydrogen) atoms. The summed E-state index contributed by atoms with van der Waals surface area (Å²) in [4.78, 5) is 49.3. The van der Waals surface area contributed by atoms with Crippen molar-refractivity contribution in [2.45, 2.75) is 45.3 Å². The summed E-state index contributed by atoms with van der Waals surface area (Å²) < 4.78 is 31.7. The Labute approximate surface area is 217 Å². The number of carbonyl (C=O) groups is 4. The summed E-state index contributed by atoms with van der Waals surface area (Å²) in [7, 11) is 0. The predicted octanol–water partition coefficient (Wildman–Crippen LogP) is 1.13. The Balaban J connectivity index is 0.000000856. The molecule has 0 aromatic heterocycles. The summed E-state index contributed by atoms with van der Waals surface area (Å²) in [6, 6.07) is 6.13. The van der Waals surface area contributed by atoms with Crippen LogP contribution in [0.4, 0.5) is 13.2 Å². The number of hydroxylamine groups is 1. The van der Waals surface area contributed by atoms with Crippen LogP contribution in [0.25, 0.3) is 0 Å². The number of alkyl halides is 3. The first kappa shape index (κ1) is 32.1. The molecule has 3 amide bonds. The number of nitrogens with zero attached hydrogens (tertiary/aromatic N) is 1. The molecule has 1 aromatic carbocycles. The van der Waals surface area contributed by atoms with Crippen LogP contribution in [0.15, 0.2) is 24.3 Å². The number of carbonyl (C=O) groups excluding carboxylic acids is 3. The van der Waals surface area contributed by atoms with Crippen LogP contribution in [0.3, 0.4) is 0 Å². The van der Waals surface area contributed by atoms with Crippen LogP contribution >= 0.6 is 11.6 Å². The van der Waals surface area contributed by atoms with Gasteiger partial charge in [0.2, 0.25) is 17.7 Å². The number of piperazine rings is 1. The van der Waals surface area contributed by atoms with Gasteiger partial charge in [-0.2, -0.15) is 13.2 Å². The second kappa shape index (κ2) is 14.7. The number of hydrogen-bond acceptors (Lipinski definition) is 5. The fraction of sp³-hybridized carbons (Fsp3) is 0.565. The van der Waals surface area contributed by atoms with Crippen molar-refractivity contribution < 1.29 is 48.0 Å². The Kier molecular flexibility index (Phi) is 12.8. The minimum absolute atomic E-state index is 0.192. The SMILES string of the molecule is CC[C@H](C(=O)NO)[C@H](C(=O)N1CC[NH2+]C[C@H]1C(=O)NCC(C)C)c1ccc(Cl)cc1.O=C(O)C(F)(F)F. The Morgan fingerprint density at radius 3 is 2.22 bits per heavy atom. The Hall–Kier alpha value is -2.90. The molecule has 208 valence electrons. The molecule has 0 unspecified atom stereocenters. The monoisotopic (exact) mass is 553 g/mol. The third-order valence-corrected chi connectivity index (χ3v) is 5.89. The van der Waals surface area contributed by atoms with Crippen LogP contribution < -0.4 is 16.1 Å². The van der Waals surface area contributed by atoms with Gasteiger partial charge in [-0.15, -0.1) is 0 Å². The smallest absolute Gasteiger partial charge is 0.475 e. The normalized spacial score (nSPS) is 17.2. The number of nitrogens with two attached hydrogens (primary N) is 1. The van der Waals surface area contributed by atoms with Crippen LogP contribution in [0.1, 0.15) is 38.7 Å². The quantitative estimate of drug-likeness (QED) is 0.240. The molecule has 6 N–H and O–H groups in total. The highest BCUT2D eigenvalue weighted by Gasteiger charge is 2.42. The van der Waals surface area contributed by atoms with Crippen molar-refractivity contribution in [2.24, 2.45) is 11.8 Å². The van der Waals surface area contributed by atoms with Crippen LogP contribution in [-0.2, 0) is 19.2 Å². The van der Waals surface area contributed by atoms with Gasteiger partial charge in [0, 0.05) is 11.6 Å². The Morgan fingerprint density at radius 2 is 1.76 bits per heavy atom. The first-order chi connectivity index (χ1) is 17.2. The van der Waals surface area contributed by atoms with Gasteiger partial charge >= 0.3 is 12.1 Å². The number of aliphatic carboxylic acids is 1. The van der Waals surface area contributed by atoms with Gasteiger partial charge in [0.25, 0.3) is 0 Å². The third kappa shape index (κ3) is 9.82. The van der Waals surface area contributed by atoms with E-state index in [1.54, 1.807) is 41.6 Å². The standard InChI is InChI=1S/C21H31ClN4O4.C2HF3O2/c1-4-16(19(27)25-30)18(14-5-7-15(22)8-6-14)21(29)26-10-9-23-12-17(26)20(28)24-11-13(2)3;3-2(4,5)1(6)7/h5-8,13,16-18,23,30H,4,9-12H2,1-3H3,(H,24,28)(H,25,27);(H,6,7)/p+1/t16-,17-,18+;/m0./s1. The molecule has 0 aliphatic carbocycles. The highest BCUT2D eigenvalue weighted by molar-refractivity contribution is 6.30. The van der Waals surface area contributed by atoms with Crippen LogP contribution in [0.2, 0.25) is 5.02 Å². The lowest BCUT2D eigenvalue weighted by Crippen LogP contribution is -2.93. The molecule has 0 saturated carbocycles. The van der Waals surface area contributed by atoms with Crippen molar-refractivity contribution in [1.29, 1.82) is 0 Å². The average molecular weight is 554 g/mol. The van der Waals surface area contributed by atoms with E-state index in [1.807, 2.05) is 19.2 Å². The van der Waals surface area contributed by atoms with Gasteiger partial charge in [-0.1, -0.05) is 44.5 Å². The molecule has 1 aliphatic rings. The molecule has 10 nitrogen and oxygen atoms in total. The second-order valence-electron chi connectivity index (χ2n) is 8.82. The number of carboxylic acids is 1. The molecule has 14 heteroatoms. The van der Waals surface area contributed by atoms with Gasteiger partial charge in [-0.25, -0.2) is 10.3 Å². The van der Waals surface area contributed by atoms with Crippen LogP contribution in [-0.4, -0.2) is 77.3 Å². The first-order valence-corrected chi connectivity index (χ1v) is 12.0. The highest BCUT2D eigenvalue weighted by Crippen LogP contribution is 2.31.